The number of carbonyl (C=O) groups is 1. The van der Waals surface area contributed by atoms with Crippen molar-refractivity contribution < 1.29 is 20.0 Å². The molecule has 0 aliphatic rings. The maximum Gasteiger partial charge on any atom is 0.339 e. The van der Waals surface area contributed by atoms with Crippen LogP contribution in [-0.4, -0.2) is 21.2 Å². The molecule has 0 unspecified atom stereocenters. The van der Waals surface area contributed by atoms with Gasteiger partial charge in [-0.1, -0.05) is 6.07 Å². The smallest absolute Gasteiger partial charge is 0.339 e. The van der Waals surface area contributed by atoms with Crippen LogP contribution in [0.4, 0.5) is 5.69 Å². The average Bonchev–Trinajstić information content (AvgIpc) is 2.15. The molecule has 8 nitrogen and oxygen atoms in total. The fourth-order valence-electron chi connectivity index (χ4n) is 0.869. The molecule has 0 atom stereocenters. The highest BCUT2D eigenvalue weighted by Crippen LogP contribution is 2.30. The monoisotopic (exact) mass is 211 g/mol. The predicted octanol–water partition coefficient (Wildman–Crippen LogP) is 1.37. The topological polar surface area (TPSA) is 125 Å². The average molecular weight is 211 g/mol. The van der Waals surface area contributed by atoms with Gasteiger partial charge in [0.05, 0.1) is 10.1 Å². The molecule has 1 aromatic carbocycles. The quantitative estimate of drug-likeness (QED) is 0.443. The van der Waals surface area contributed by atoms with Gasteiger partial charge < -0.3 is 20.3 Å². The molecule has 1 rings (SSSR count). The van der Waals surface area contributed by atoms with Crippen molar-refractivity contribution in [3.05, 3.63) is 33.9 Å². The molecule has 0 heterocycles. The van der Waals surface area contributed by atoms with E-state index in [-0.39, 0.29) is 5.69 Å². The Bertz CT molecular complexity index is 442. The zero-order valence-electron chi connectivity index (χ0n) is 7.19. The van der Waals surface area contributed by atoms with E-state index in [9.17, 15) is 20.0 Å². The van der Waals surface area contributed by atoms with E-state index in [1.54, 1.807) is 0 Å². The third-order valence-corrected chi connectivity index (χ3v) is 1.47. The number of carboxylic acid groups (broad SMARTS) is 1. The molecule has 0 amide bonds. The van der Waals surface area contributed by atoms with Crippen LogP contribution in [0.2, 0.25) is 0 Å². The minimum Gasteiger partial charge on any atom is -0.503 e. The molecular formula is C7H5N3O5. The molecule has 15 heavy (non-hydrogen) atoms. The summed E-state index contributed by atoms with van der Waals surface area (Å²) in [5.41, 5.74) is -0.665. The molecule has 0 aliphatic heterocycles. The molecule has 1 aromatic rings. The molecule has 2 N–H and O–H groups in total. The molecule has 8 heteroatoms. The minimum atomic E-state index is -1.36. The summed E-state index contributed by atoms with van der Waals surface area (Å²) in [6.45, 7) is 0. The molecule has 78 valence electrons. The number of phenols is 1. The second-order valence-electron chi connectivity index (χ2n) is 2.41. The predicted molar refractivity (Wildman–Crippen MR) is 46.6 cm³/mol. The SMILES string of the molecule is O=C(O)c1cccc(N=N[N+](=O)[O-])c1O. The summed E-state index contributed by atoms with van der Waals surface area (Å²) in [4.78, 5) is 20.4. The van der Waals surface area contributed by atoms with Gasteiger partial charge in [-0.25, -0.2) is 4.79 Å². The molecule has 0 radical (unpaired) electrons. The summed E-state index contributed by atoms with van der Waals surface area (Å²) in [7, 11) is 0. The van der Waals surface area contributed by atoms with Crippen LogP contribution in [0.5, 0.6) is 5.75 Å². The Morgan fingerprint density at radius 1 is 1.47 bits per heavy atom. The van der Waals surface area contributed by atoms with E-state index in [0.717, 1.165) is 6.07 Å². The highest BCUT2D eigenvalue weighted by atomic mass is 16.7. The van der Waals surface area contributed by atoms with Gasteiger partial charge in [-0.2, -0.15) is 0 Å². The van der Waals surface area contributed by atoms with Crippen LogP contribution in [0.1, 0.15) is 10.4 Å². The number of aromatic hydroxyl groups is 1. The van der Waals surface area contributed by atoms with Gasteiger partial charge in [-0.15, -0.1) is 0 Å². The number of hydrogen-bond acceptors (Lipinski definition) is 5. The molecule has 0 aliphatic carbocycles. The van der Waals surface area contributed by atoms with Crippen molar-refractivity contribution in [1.82, 2.24) is 0 Å². The highest BCUT2D eigenvalue weighted by molar-refractivity contribution is 5.92. The van der Waals surface area contributed by atoms with E-state index in [4.69, 9.17) is 5.11 Å². The number of para-hydroxylation sites is 1. The minimum absolute atomic E-state index is 0.272. The molecule has 0 bridgehead atoms. The van der Waals surface area contributed by atoms with E-state index in [2.05, 4.69) is 10.3 Å². The first kappa shape index (κ1) is 10.6. The number of nitro groups is 1. The van der Waals surface area contributed by atoms with Crippen LogP contribution in [-0.2, 0) is 0 Å². The zero-order valence-corrected chi connectivity index (χ0v) is 7.19. The van der Waals surface area contributed by atoms with Crippen molar-refractivity contribution in [3.8, 4) is 5.75 Å². The van der Waals surface area contributed by atoms with Crippen LogP contribution in [0.15, 0.2) is 28.5 Å². The molecule has 0 aromatic heterocycles. The summed E-state index contributed by atoms with van der Waals surface area (Å²) < 4.78 is 0. The number of aromatic carboxylic acids is 1. The Labute approximate surface area is 82.6 Å². The van der Waals surface area contributed by atoms with E-state index in [1.165, 1.54) is 12.1 Å². The summed E-state index contributed by atoms with van der Waals surface area (Å²) in [6.07, 6.45) is 0. The Morgan fingerprint density at radius 2 is 2.13 bits per heavy atom. The van der Waals surface area contributed by atoms with Gasteiger partial charge >= 0.3 is 5.97 Å². The van der Waals surface area contributed by atoms with E-state index >= 15 is 0 Å². The lowest BCUT2D eigenvalue weighted by molar-refractivity contribution is -0.493. The largest absolute Gasteiger partial charge is 0.503 e. The van der Waals surface area contributed by atoms with Crippen molar-refractivity contribution in [2.75, 3.05) is 0 Å². The van der Waals surface area contributed by atoms with Crippen LogP contribution < -0.4 is 0 Å². The molecule has 0 saturated heterocycles. The van der Waals surface area contributed by atoms with Gasteiger partial charge in [0.1, 0.15) is 5.56 Å². The second kappa shape index (κ2) is 4.13. The summed E-state index contributed by atoms with van der Waals surface area (Å²) in [5.74, 6) is -2.01. The summed E-state index contributed by atoms with van der Waals surface area (Å²) >= 11 is 0. The third kappa shape index (κ3) is 2.46. The van der Waals surface area contributed by atoms with Crippen LogP contribution in [0.3, 0.4) is 0 Å². The van der Waals surface area contributed by atoms with Gasteiger partial charge in [0, 0.05) is 0 Å². The van der Waals surface area contributed by atoms with Crippen molar-refractivity contribution >= 4 is 11.7 Å². The fourth-order valence-corrected chi connectivity index (χ4v) is 0.869. The number of nitrogens with zero attached hydrogens (tertiary/aromatic N) is 3. The molecule has 0 spiro atoms. The fraction of sp³-hybridized carbons (Fsp3) is 0. The Kier molecular flexibility index (Phi) is 2.91. The van der Waals surface area contributed by atoms with E-state index in [0.29, 0.717) is 0 Å². The van der Waals surface area contributed by atoms with Gasteiger partial charge in [0.25, 0.3) is 0 Å². The first-order valence-electron chi connectivity index (χ1n) is 3.63. The molecule has 0 fully saturated rings. The van der Waals surface area contributed by atoms with Gasteiger partial charge in [-0.05, 0) is 12.1 Å². The van der Waals surface area contributed by atoms with Crippen LogP contribution in [0.25, 0.3) is 0 Å². The van der Waals surface area contributed by atoms with Gasteiger partial charge in [0.2, 0.25) is 5.69 Å². The third-order valence-electron chi connectivity index (χ3n) is 1.47. The van der Waals surface area contributed by atoms with Crippen LogP contribution in [0, 0.1) is 10.1 Å². The Balaban J connectivity index is 3.15. The zero-order chi connectivity index (χ0) is 11.4. The Hall–Kier alpha value is -2.51. The molecular weight excluding hydrogens is 206 g/mol. The summed E-state index contributed by atoms with van der Waals surface area (Å²) in [6, 6.07) is 3.63. The number of benzene rings is 1. The molecule has 0 saturated carbocycles. The van der Waals surface area contributed by atoms with Crippen molar-refractivity contribution in [3.63, 3.8) is 0 Å². The lowest BCUT2D eigenvalue weighted by atomic mass is 10.2. The van der Waals surface area contributed by atoms with Crippen LogP contribution >= 0.6 is 0 Å². The number of carboxylic acids is 1. The standard InChI is InChI=1S/C7H5N3O5/c11-6-4(7(12)13)2-1-3-5(6)8-9-10(14)15/h1-3,11H,(H,12,13). The normalized spacial score (nSPS) is 10.4. The second-order valence-corrected chi connectivity index (χ2v) is 2.41. The van der Waals surface area contributed by atoms with Crippen molar-refractivity contribution in [1.29, 1.82) is 0 Å². The first-order valence-corrected chi connectivity index (χ1v) is 3.63. The Morgan fingerprint density at radius 3 is 2.67 bits per heavy atom. The lowest BCUT2D eigenvalue weighted by Crippen LogP contribution is -1.95. The maximum absolute atomic E-state index is 10.5. The van der Waals surface area contributed by atoms with E-state index in [1.807, 2.05) is 0 Å². The first-order chi connectivity index (χ1) is 7.02. The highest BCUT2D eigenvalue weighted by Gasteiger charge is 2.16. The lowest BCUT2D eigenvalue weighted by Gasteiger charge is -1.96. The van der Waals surface area contributed by atoms with Crippen molar-refractivity contribution in [2.45, 2.75) is 0 Å². The van der Waals surface area contributed by atoms with Crippen molar-refractivity contribution in [2.24, 2.45) is 10.3 Å². The summed E-state index contributed by atoms with van der Waals surface area (Å²) in [5, 5.41) is 32.3. The number of rotatable bonds is 3. The van der Waals surface area contributed by atoms with E-state index < -0.39 is 22.3 Å². The maximum atomic E-state index is 10.5. The van der Waals surface area contributed by atoms with Gasteiger partial charge in [0.15, 0.2) is 11.0 Å². The van der Waals surface area contributed by atoms with Gasteiger partial charge in [-0.3, -0.25) is 0 Å². The number of hydrogen-bond donors (Lipinski definition) is 2.